The van der Waals surface area contributed by atoms with E-state index in [-0.39, 0.29) is 17.3 Å². The minimum Gasteiger partial charge on any atom is -0.497 e. The standard InChI is InChI=1S/C25H26N2O4S2/c1-31-20-13-15-22(16-14-20)33(29,30)27-17-7-8-19(18-27)25(28)26-23-11-5-6-12-24(23)32-21-9-3-2-4-10-21/h2-6,9-16,19H,7-8,17-18H2,1H3,(H,26,28). The molecule has 0 aliphatic carbocycles. The van der Waals surface area contributed by atoms with Crippen molar-refractivity contribution in [2.75, 3.05) is 25.5 Å². The minimum absolute atomic E-state index is 0.161. The molecule has 1 aliphatic heterocycles. The summed E-state index contributed by atoms with van der Waals surface area (Å²) in [4.78, 5) is 15.3. The van der Waals surface area contributed by atoms with Gasteiger partial charge in [-0.3, -0.25) is 4.79 Å². The molecule has 33 heavy (non-hydrogen) atoms. The molecule has 1 atom stereocenters. The Labute approximate surface area is 199 Å². The maximum atomic E-state index is 13.1. The van der Waals surface area contributed by atoms with Crippen molar-refractivity contribution in [3.63, 3.8) is 0 Å². The fraction of sp³-hybridized carbons (Fsp3) is 0.240. The first-order valence-corrected chi connectivity index (χ1v) is 13.0. The summed E-state index contributed by atoms with van der Waals surface area (Å²) >= 11 is 1.58. The van der Waals surface area contributed by atoms with Crippen molar-refractivity contribution in [3.05, 3.63) is 78.9 Å². The van der Waals surface area contributed by atoms with Gasteiger partial charge >= 0.3 is 0 Å². The molecule has 1 N–H and O–H groups in total. The molecule has 0 saturated carbocycles. The number of benzene rings is 3. The van der Waals surface area contributed by atoms with Crippen molar-refractivity contribution in [1.29, 1.82) is 0 Å². The average Bonchev–Trinajstić information content (AvgIpc) is 2.86. The van der Waals surface area contributed by atoms with E-state index in [9.17, 15) is 13.2 Å². The van der Waals surface area contributed by atoms with Gasteiger partial charge in [0.15, 0.2) is 0 Å². The number of carbonyl (C=O) groups is 1. The van der Waals surface area contributed by atoms with Crippen molar-refractivity contribution in [2.24, 2.45) is 5.92 Å². The summed E-state index contributed by atoms with van der Waals surface area (Å²) in [5, 5.41) is 3.03. The third kappa shape index (κ3) is 5.58. The van der Waals surface area contributed by atoms with Gasteiger partial charge in [0.25, 0.3) is 0 Å². The van der Waals surface area contributed by atoms with Gasteiger partial charge in [0.05, 0.1) is 23.6 Å². The lowest BCUT2D eigenvalue weighted by Crippen LogP contribution is -2.43. The van der Waals surface area contributed by atoms with Crippen LogP contribution >= 0.6 is 11.8 Å². The summed E-state index contributed by atoms with van der Waals surface area (Å²) in [6, 6.07) is 23.9. The van der Waals surface area contributed by atoms with Crippen molar-refractivity contribution >= 4 is 33.4 Å². The number of carbonyl (C=O) groups excluding carboxylic acids is 1. The van der Waals surface area contributed by atoms with E-state index in [2.05, 4.69) is 5.32 Å². The van der Waals surface area contributed by atoms with E-state index in [1.807, 2.05) is 54.6 Å². The lowest BCUT2D eigenvalue weighted by molar-refractivity contribution is -0.120. The largest absolute Gasteiger partial charge is 0.497 e. The summed E-state index contributed by atoms with van der Waals surface area (Å²) in [6.07, 6.45) is 1.28. The zero-order chi connectivity index (χ0) is 23.3. The van der Waals surface area contributed by atoms with Crippen LogP contribution in [0.4, 0.5) is 5.69 Å². The van der Waals surface area contributed by atoms with Crippen LogP contribution in [-0.4, -0.2) is 38.8 Å². The number of anilines is 1. The van der Waals surface area contributed by atoms with Crippen LogP contribution in [0.15, 0.2) is 93.5 Å². The molecule has 0 aromatic heterocycles. The number of ether oxygens (including phenoxy) is 1. The van der Waals surface area contributed by atoms with Crippen molar-refractivity contribution in [1.82, 2.24) is 4.31 Å². The van der Waals surface area contributed by atoms with Crippen LogP contribution in [0.1, 0.15) is 12.8 Å². The van der Waals surface area contributed by atoms with Gasteiger partial charge in [0.1, 0.15) is 5.75 Å². The number of para-hydroxylation sites is 1. The van der Waals surface area contributed by atoms with Gasteiger partial charge in [-0.05, 0) is 61.4 Å². The summed E-state index contributed by atoms with van der Waals surface area (Å²) in [5.74, 6) is 0.0178. The van der Waals surface area contributed by atoms with Crippen LogP contribution in [0.25, 0.3) is 0 Å². The molecular weight excluding hydrogens is 456 g/mol. The van der Waals surface area contributed by atoms with Crippen molar-refractivity contribution in [3.8, 4) is 5.75 Å². The zero-order valence-electron chi connectivity index (χ0n) is 18.3. The number of hydrogen-bond acceptors (Lipinski definition) is 5. The average molecular weight is 483 g/mol. The maximum absolute atomic E-state index is 13.1. The van der Waals surface area contributed by atoms with Crippen LogP contribution in [0.3, 0.4) is 0 Å². The predicted octanol–water partition coefficient (Wildman–Crippen LogP) is 4.89. The summed E-state index contributed by atoms with van der Waals surface area (Å²) in [6.45, 7) is 0.562. The molecule has 1 aliphatic rings. The molecular formula is C25H26N2O4S2. The number of nitrogens with zero attached hydrogens (tertiary/aromatic N) is 1. The van der Waals surface area contributed by atoms with Crippen LogP contribution in [0.5, 0.6) is 5.75 Å². The van der Waals surface area contributed by atoms with E-state index in [0.29, 0.717) is 25.1 Å². The molecule has 1 unspecified atom stereocenters. The molecule has 3 aromatic rings. The highest BCUT2D eigenvalue weighted by molar-refractivity contribution is 7.99. The Balaban J connectivity index is 1.46. The third-order valence-corrected chi connectivity index (χ3v) is 8.53. The maximum Gasteiger partial charge on any atom is 0.243 e. The topological polar surface area (TPSA) is 75.7 Å². The Morgan fingerprint density at radius 1 is 1.00 bits per heavy atom. The summed E-state index contributed by atoms with van der Waals surface area (Å²) in [5.41, 5.74) is 0.728. The number of hydrogen-bond donors (Lipinski definition) is 1. The Bertz CT molecular complexity index is 1200. The van der Waals surface area contributed by atoms with Crippen molar-refractivity contribution in [2.45, 2.75) is 27.5 Å². The van der Waals surface area contributed by atoms with Gasteiger partial charge in [-0.1, -0.05) is 42.1 Å². The molecule has 3 aromatic carbocycles. The molecule has 1 saturated heterocycles. The van der Waals surface area contributed by atoms with Gasteiger partial charge < -0.3 is 10.1 Å². The van der Waals surface area contributed by atoms with E-state index < -0.39 is 15.9 Å². The Hall–Kier alpha value is -2.81. The first-order chi connectivity index (χ1) is 16.0. The molecule has 0 radical (unpaired) electrons. The van der Waals surface area contributed by atoms with Crippen LogP contribution in [0.2, 0.25) is 0 Å². The van der Waals surface area contributed by atoms with E-state index in [1.165, 1.54) is 23.5 Å². The normalized spacial score (nSPS) is 16.8. The Kier molecular flexibility index (Phi) is 7.37. The predicted molar refractivity (Wildman–Crippen MR) is 130 cm³/mol. The lowest BCUT2D eigenvalue weighted by Gasteiger charge is -2.31. The molecule has 8 heteroatoms. The first-order valence-electron chi connectivity index (χ1n) is 10.7. The molecule has 172 valence electrons. The molecule has 1 amide bonds. The van der Waals surface area contributed by atoms with Crippen molar-refractivity contribution < 1.29 is 17.9 Å². The zero-order valence-corrected chi connectivity index (χ0v) is 19.9. The summed E-state index contributed by atoms with van der Waals surface area (Å²) in [7, 11) is -2.15. The molecule has 0 bridgehead atoms. The Morgan fingerprint density at radius 2 is 1.70 bits per heavy atom. The lowest BCUT2D eigenvalue weighted by atomic mass is 9.99. The van der Waals surface area contributed by atoms with Crippen LogP contribution < -0.4 is 10.1 Å². The number of amides is 1. The monoisotopic (exact) mass is 482 g/mol. The number of rotatable bonds is 7. The van der Waals surface area contributed by atoms with E-state index in [4.69, 9.17) is 4.74 Å². The quantitative estimate of drug-likeness (QED) is 0.519. The van der Waals surface area contributed by atoms with Gasteiger partial charge in [-0.2, -0.15) is 4.31 Å². The highest BCUT2D eigenvalue weighted by Crippen LogP contribution is 2.34. The highest BCUT2D eigenvalue weighted by atomic mass is 32.2. The van der Waals surface area contributed by atoms with Gasteiger partial charge in [-0.15, -0.1) is 0 Å². The van der Waals surface area contributed by atoms with Crippen LogP contribution in [0, 0.1) is 5.92 Å². The summed E-state index contributed by atoms with van der Waals surface area (Å²) < 4.78 is 32.8. The van der Waals surface area contributed by atoms with E-state index in [1.54, 1.807) is 23.9 Å². The minimum atomic E-state index is -3.68. The highest BCUT2D eigenvalue weighted by Gasteiger charge is 2.33. The number of nitrogens with one attached hydrogen (secondary N) is 1. The Morgan fingerprint density at radius 3 is 2.42 bits per heavy atom. The SMILES string of the molecule is COc1ccc(S(=O)(=O)N2CCCC(C(=O)Nc3ccccc3Sc3ccccc3)C2)cc1. The second kappa shape index (κ2) is 10.4. The molecule has 1 heterocycles. The van der Waals surface area contributed by atoms with Crippen LogP contribution in [-0.2, 0) is 14.8 Å². The van der Waals surface area contributed by atoms with Gasteiger partial charge in [-0.25, -0.2) is 8.42 Å². The number of sulfonamides is 1. The third-order valence-electron chi connectivity index (χ3n) is 5.57. The molecule has 1 fully saturated rings. The fourth-order valence-electron chi connectivity index (χ4n) is 3.78. The smallest absolute Gasteiger partial charge is 0.243 e. The second-order valence-electron chi connectivity index (χ2n) is 7.78. The molecule has 6 nitrogen and oxygen atoms in total. The van der Waals surface area contributed by atoms with Gasteiger partial charge in [0.2, 0.25) is 15.9 Å². The van der Waals surface area contributed by atoms with E-state index >= 15 is 0 Å². The molecule has 4 rings (SSSR count). The molecule has 0 spiro atoms. The second-order valence-corrected chi connectivity index (χ2v) is 10.8. The number of piperidine rings is 1. The van der Waals surface area contributed by atoms with E-state index in [0.717, 1.165) is 15.5 Å². The fourth-order valence-corrected chi connectivity index (χ4v) is 6.23. The van der Waals surface area contributed by atoms with Gasteiger partial charge in [0, 0.05) is 22.9 Å². The first kappa shape index (κ1) is 23.4. The number of methoxy groups -OCH3 is 1.